The number of ether oxygens (including phenoxy) is 2. The average Bonchev–Trinajstić information content (AvgIpc) is 3.42. The van der Waals surface area contributed by atoms with Crippen molar-refractivity contribution in [2.75, 3.05) is 25.7 Å². The fourth-order valence-corrected chi connectivity index (χ4v) is 5.25. The van der Waals surface area contributed by atoms with Crippen molar-refractivity contribution in [2.24, 2.45) is 7.05 Å². The number of fused-ring (bicyclic) bond motifs is 1. The van der Waals surface area contributed by atoms with Crippen molar-refractivity contribution >= 4 is 21.6 Å². The van der Waals surface area contributed by atoms with E-state index in [4.69, 9.17) is 9.47 Å². The summed E-state index contributed by atoms with van der Waals surface area (Å²) in [5.74, 6) is 1.51. The second-order valence-electron chi connectivity index (χ2n) is 7.81. The number of amides is 1. The molecule has 0 saturated heterocycles. The molecule has 1 unspecified atom stereocenters. The van der Waals surface area contributed by atoms with Crippen LogP contribution in [0.1, 0.15) is 29.9 Å². The number of aromatic nitrogens is 2. The van der Waals surface area contributed by atoms with Crippen LogP contribution in [0.25, 0.3) is 0 Å². The molecule has 1 atom stereocenters. The molecule has 0 aliphatic carbocycles. The fourth-order valence-electron chi connectivity index (χ4n) is 4.02. The van der Waals surface area contributed by atoms with Gasteiger partial charge in [-0.05, 0) is 47.9 Å². The minimum Gasteiger partial charge on any atom is -0.497 e. The summed E-state index contributed by atoms with van der Waals surface area (Å²) in [4.78, 5) is 18.0. The highest BCUT2D eigenvalue weighted by Gasteiger charge is 2.29. The molecule has 2 heterocycles. The van der Waals surface area contributed by atoms with Crippen molar-refractivity contribution in [3.8, 4) is 11.5 Å². The number of sulfonamides is 1. The molecule has 3 aromatic rings. The maximum Gasteiger partial charge on any atom is 0.241 e. The Morgan fingerprint density at radius 1 is 1.12 bits per heavy atom. The van der Waals surface area contributed by atoms with Crippen LogP contribution in [-0.2, 0) is 28.3 Å². The first-order valence-corrected chi connectivity index (χ1v) is 11.9. The van der Waals surface area contributed by atoms with Gasteiger partial charge in [-0.1, -0.05) is 0 Å². The normalized spacial score (nSPS) is 14.1. The summed E-state index contributed by atoms with van der Waals surface area (Å²) in [5, 5.41) is 0. The predicted octanol–water partition coefficient (Wildman–Crippen LogP) is 2.41. The van der Waals surface area contributed by atoms with Crippen molar-refractivity contribution in [1.82, 2.24) is 14.3 Å². The zero-order chi connectivity index (χ0) is 23.8. The number of nitrogens with one attached hydrogen (secondary N) is 1. The van der Waals surface area contributed by atoms with E-state index in [0.29, 0.717) is 35.9 Å². The van der Waals surface area contributed by atoms with Gasteiger partial charge in [0.2, 0.25) is 15.9 Å². The van der Waals surface area contributed by atoms with Crippen molar-refractivity contribution in [3.05, 3.63) is 65.7 Å². The van der Waals surface area contributed by atoms with Gasteiger partial charge in [0, 0.05) is 44.7 Å². The van der Waals surface area contributed by atoms with Gasteiger partial charge in [-0.15, -0.1) is 0 Å². The van der Waals surface area contributed by atoms with Crippen LogP contribution >= 0.6 is 0 Å². The molecular weight excluding hydrogens is 444 g/mol. The molecule has 0 fully saturated rings. The lowest BCUT2D eigenvalue weighted by atomic mass is 10.1. The largest absolute Gasteiger partial charge is 0.497 e. The van der Waals surface area contributed by atoms with Crippen LogP contribution in [0.15, 0.2) is 53.7 Å². The molecule has 1 aliphatic rings. The summed E-state index contributed by atoms with van der Waals surface area (Å²) < 4.78 is 42.2. The van der Waals surface area contributed by atoms with Crippen molar-refractivity contribution in [1.29, 1.82) is 0 Å². The fraction of sp³-hybridized carbons (Fsp3) is 0.304. The maximum absolute atomic E-state index is 13.5. The minimum absolute atomic E-state index is 0.0655. The molecule has 0 radical (unpaired) electrons. The zero-order valence-electron chi connectivity index (χ0n) is 18.9. The number of anilines is 1. The van der Waals surface area contributed by atoms with E-state index < -0.39 is 16.1 Å². The molecule has 10 heteroatoms. The monoisotopic (exact) mass is 470 g/mol. The Kier molecular flexibility index (Phi) is 6.13. The van der Waals surface area contributed by atoms with E-state index in [1.54, 1.807) is 59.2 Å². The lowest BCUT2D eigenvalue weighted by Gasteiger charge is -2.21. The summed E-state index contributed by atoms with van der Waals surface area (Å²) >= 11 is 0. The summed E-state index contributed by atoms with van der Waals surface area (Å²) in [6.07, 6.45) is 3.97. The first-order chi connectivity index (χ1) is 15.7. The van der Waals surface area contributed by atoms with Gasteiger partial charge in [0.15, 0.2) is 0 Å². The summed E-state index contributed by atoms with van der Waals surface area (Å²) in [6, 6.07) is 9.25. The SMILES string of the molecule is COc1cc(OC)cc(C(NS(=O)(=O)c2ccc3c(c2)CCN3C(C)=O)c2nccn2C)c1. The number of nitrogens with zero attached hydrogens (tertiary/aromatic N) is 3. The van der Waals surface area contributed by atoms with Crippen molar-refractivity contribution in [2.45, 2.75) is 24.3 Å². The van der Waals surface area contributed by atoms with Crippen molar-refractivity contribution in [3.63, 3.8) is 0 Å². The topological polar surface area (TPSA) is 103 Å². The summed E-state index contributed by atoms with van der Waals surface area (Å²) in [5.41, 5.74) is 2.19. The minimum atomic E-state index is -3.94. The molecule has 0 spiro atoms. The third-order valence-electron chi connectivity index (χ3n) is 5.73. The highest BCUT2D eigenvalue weighted by molar-refractivity contribution is 7.89. The first kappa shape index (κ1) is 22.8. The quantitative estimate of drug-likeness (QED) is 0.569. The lowest BCUT2D eigenvalue weighted by molar-refractivity contribution is -0.116. The van der Waals surface area contributed by atoms with E-state index in [0.717, 1.165) is 11.3 Å². The molecule has 1 aliphatic heterocycles. The van der Waals surface area contributed by atoms with Gasteiger partial charge in [0.25, 0.3) is 0 Å². The summed E-state index contributed by atoms with van der Waals surface area (Å²) in [6.45, 7) is 2.04. The number of rotatable bonds is 7. The van der Waals surface area contributed by atoms with Crippen LogP contribution in [0.5, 0.6) is 11.5 Å². The van der Waals surface area contributed by atoms with Crippen LogP contribution < -0.4 is 19.1 Å². The second-order valence-corrected chi connectivity index (χ2v) is 9.52. The molecule has 1 amide bonds. The molecule has 174 valence electrons. The van der Waals surface area contributed by atoms with Crippen LogP contribution in [0, 0.1) is 0 Å². The molecular formula is C23H26N4O5S. The van der Waals surface area contributed by atoms with E-state index in [1.807, 2.05) is 0 Å². The second kappa shape index (κ2) is 8.87. The van der Waals surface area contributed by atoms with Gasteiger partial charge >= 0.3 is 0 Å². The lowest BCUT2D eigenvalue weighted by Crippen LogP contribution is -2.31. The van der Waals surface area contributed by atoms with Crippen LogP contribution in [-0.4, -0.2) is 44.6 Å². The third-order valence-corrected chi connectivity index (χ3v) is 7.15. The molecule has 9 nitrogen and oxygen atoms in total. The third kappa shape index (κ3) is 4.44. The number of carbonyl (C=O) groups excluding carboxylic acids is 1. The van der Waals surface area contributed by atoms with Gasteiger partial charge in [-0.25, -0.2) is 13.4 Å². The Hall–Kier alpha value is -3.37. The van der Waals surface area contributed by atoms with Gasteiger partial charge in [0.05, 0.1) is 19.1 Å². The summed E-state index contributed by atoms with van der Waals surface area (Å²) in [7, 11) is 0.931. The Morgan fingerprint density at radius 2 is 1.82 bits per heavy atom. The van der Waals surface area contributed by atoms with Gasteiger partial charge in [-0.2, -0.15) is 4.72 Å². The maximum atomic E-state index is 13.5. The predicted molar refractivity (Wildman–Crippen MR) is 123 cm³/mol. The van der Waals surface area contributed by atoms with E-state index in [-0.39, 0.29) is 10.8 Å². The average molecular weight is 471 g/mol. The van der Waals surface area contributed by atoms with Gasteiger partial charge < -0.3 is 18.9 Å². The van der Waals surface area contributed by atoms with Gasteiger partial charge in [-0.3, -0.25) is 4.79 Å². The van der Waals surface area contributed by atoms with Crippen LogP contribution in [0.4, 0.5) is 5.69 Å². The first-order valence-electron chi connectivity index (χ1n) is 10.4. The number of hydrogen-bond acceptors (Lipinski definition) is 6. The smallest absolute Gasteiger partial charge is 0.241 e. The Labute approximate surface area is 193 Å². The van der Waals surface area contributed by atoms with E-state index >= 15 is 0 Å². The van der Waals surface area contributed by atoms with Crippen molar-refractivity contribution < 1.29 is 22.7 Å². The number of aryl methyl sites for hydroxylation is 1. The molecule has 2 aromatic carbocycles. The highest BCUT2D eigenvalue weighted by Crippen LogP contribution is 2.33. The van der Waals surface area contributed by atoms with Crippen LogP contribution in [0.2, 0.25) is 0 Å². The Balaban J connectivity index is 1.75. The van der Waals surface area contributed by atoms with E-state index in [9.17, 15) is 13.2 Å². The number of methoxy groups -OCH3 is 2. The standard InChI is InChI=1S/C23H26N4O5S/c1-15(28)27-9-7-16-13-20(5-6-21(16)27)33(29,30)25-22(23-24-8-10-26(23)2)17-11-18(31-3)14-19(12-17)32-4/h5-6,8,10-14,22,25H,7,9H2,1-4H3. The molecule has 4 rings (SSSR count). The zero-order valence-corrected chi connectivity index (χ0v) is 19.7. The highest BCUT2D eigenvalue weighted by atomic mass is 32.2. The number of benzene rings is 2. The molecule has 0 bridgehead atoms. The molecule has 33 heavy (non-hydrogen) atoms. The van der Waals surface area contributed by atoms with Crippen LogP contribution in [0.3, 0.4) is 0 Å². The molecule has 1 N–H and O–H groups in total. The number of hydrogen-bond donors (Lipinski definition) is 1. The molecule has 1 aromatic heterocycles. The van der Waals surface area contributed by atoms with Gasteiger partial charge in [0.1, 0.15) is 23.4 Å². The Morgan fingerprint density at radius 3 is 2.39 bits per heavy atom. The molecule has 0 saturated carbocycles. The van der Waals surface area contributed by atoms with E-state index in [1.165, 1.54) is 27.2 Å². The Bertz CT molecular complexity index is 1280. The number of imidazole rings is 1. The number of carbonyl (C=O) groups is 1. The van der Waals surface area contributed by atoms with E-state index in [2.05, 4.69) is 9.71 Å².